The van der Waals surface area contributed by atoms with Crippen molar-refractivity contribution in [3.8, 4) is 16.8 Å². The molecule has 3 aromatic rings. The van der Waals surface area contributed by atoms with Gasteiger partial charge in [-0.25, -0.2) is 17.2 Å². The first kappa shape index (κ1) is 27.0. The number of sulfonamides is 1. The number of hydrogen-bond acceptors (Lipinski definition) is 9. The van der Waals surface area contributed by atoms with Crippen molar-refractivity contribution in [2.24, 2.45) is 13.0 Å². The van der Waals surface area contributed by atoms with Gasteiger partial charge < -0.3 is 9.80 Å². The molecule has 6 rings (SSSR count). The van der Waals surface area contributed by atoms with Gasteiger partial charge in [-0.1, -0.05) is 11.3 Å². The molecule has 212 valence electrons. The molecule has 3 fully saturated rings. The van der Waals surface area contributed by atoms with Gasteiger partial charge in [-0.05, 0) is 50.7 Å². The molecule has 1 aromatic carbocycles. The molecule has 2 saturated heterocycles. The van der Waals surface area contributed by atoms with Gasteiger partial charge in [-0.2, -0.15) is 15.1 Å². The van der Waals surface area contributed by atoms with E-state index in [1.54, 1.807) is 17.8 Å². The highest BCUT2D eigenvalue weighted by Gasteiger charge is 2.47. The monoisotopic (exact) mass is 590 g/mol. The van der Waals surface area contributed by atoms with Gasteiger partial charge in [0.25, 0.3) is 6.43 Å². The number of alkyl halides is 2. The maximum atomic E-state index is 13.5. The predicted molar refractivity (Wildman–Crippen MR) is 143 cm³/mol. The topological polar surface area (TPSA) is 137 Å². The summed E-state index contributed by atoms with van der Waals surface area (Å²) in [7, 11) is -2.40. The molecule has 2 aliphatic heterocycles. The number of nitriles is 1. The van der Waals surface area contributed by atoms with E-state index in [2.05, 4.69) is 20.0 Å². The lowest BCUT2D eigenvalue weighted by atomic mass is 9.94. The van der Waals surface area contributed by atoms with Crippen molar-refractivity contribution in [1.29, 1.82) is 5.26 Å². The molecule has 0 unspecified atom stereocenters. The van der Waals surface area contributed by atoms with E-state index in [0.717, 1.165) is 25.9 Å². The summed E-state index contributed by atoms with van der Waals surface area (Å²) in [6, 6.07) is 5.06. The minimum Gasteiger partial charge on any atom is -0.370 e. The number of hydrogen-bond donors (Lipinski definition) is 1. The lowest BCUT2D eigenvalue weighted by Crippen LogP contribution is -2.42. The molecule has 2 aromatic heterocycles. The van der Waals surface area contributed by atoms with Crippen molar-refractivity contribution in [3.05, 3.63) is 17.1 Å². The van der Waals surface area contributed by atoms with E-state index in [-0.39, 0.29) is 27.4 Å². The first-order valence-corrected chi connectivity index (χ1v) is 15.5. The number of halogens is 2. The molecule has 15 heteroatoms. The first-order chi connectivity index (χ1) is 19.1. The zero-order valence-corrected chi connectivity index (χ0v) is 23.4. The maximum absolute atomic E-state index is 13.5. The molecule has 0 radical (unpaired) electrons. The number of piperidine rings is 1. The third-order valence-corrected chi connectivity index (χ3v) is 10.4. The van der Waals surface area contributed by atoms with Crippen LogP contribution in [-0.2, 0) is 21.9 Å². The van der Waals surface area contributed by atoms with E-state index in [9.17, 15) is 27.3 Å². The number of carbonyl (C=O) groups is 1. The molecule has 0 atom stereocenters. The van der Waals surface area contributed by atoms with E-state index < -0.39 is 27.0 Å². The predicted octanol–water partition coefficient (Wildman–Crippen LogP) is 3.20. The van der Waals surface area contributed by atoms with E-state index in [0.29, 0.717) is 66.7 Å². The quantitative estimate of drug-likeness (QED) is 0.443. The Morgan fingerprint density at radius 2 is 1.88 bits per heavy atom. The number of benzene rings is 1. The molecule has 0 spiro atoms. The second-order valence-electron chi connectivity index (χ2n) is 10.7. The molecule has 1 saturated carbocycles. The van der Waals surface area contributed by atoms with Crippen LogP contribution in [0.4, 0.5) is 14.5 Å². The van der Waals surface area contributed by atoms with Crippen LogP contribution in [-0.4, -0.2) is 70.9 Å². The van der Waals surface area contributed by atoms with Crippen LogP contribution in [0.25, 0.3) is 21.6 Å². The summed E-state index contributed by atoms with van der Waals surface area (Å²) in [5.41, 5.74) is 0.353. The van der Waals surface area contributed by atoms with Crippen LogP contribution in [0.15, 0.2) is 17.0 Å². The Morgan fingerprint density at radius 3 is 2.48 bits per heavy atom. The van der Waals surface area contributed by atoms with Crippen molar-refractivity contribution >= 4 is 43.9 Å². The highest BCUT2D eigenvalue weighted by atomic mass is 32.2. The molecule has 11 nitrogen and oxygen atoms in total. The largest absolute Gasteiger partial charge is 0.370 e. The van der Waals surface area contributed by atoms with E-state index in [4.69, 9.17) is 0 Å². The molecular formula is C25H28F2N8O3S2. The number of rotatable bonds is 7. The fourth-order valence-electron chi connectivity index (χ4n) is 5.58. The molecule has 1 amide bonds. The van der Waals surface area contributed by atoms with Crippen LogP contribution in [0, 0.1) is 17.2 Å². The number of amides is 1. The molecule has 0 bridgehead atoms. The van der Waals surface area contributed by atoms with Gasteiger partial charge in [0.1, 0.15) is 11.2 Å². The second-order valence-corrected chi connectivity index (χ2v) is 13.3. The van der Waals surface area contributed by atoms with Crippen LogP contribution in [0.5, 0.6) is 0 Å². The zero-order chi connectivity index (χ0) is 28.2. The summed E-state index contributed by atoms with van der Waals surface area (Å²) >= 11 is 0.704. The minimum absolute atomic E-state index is 0.0559. The van der Waals surface area contributed by atoms with E-state index in [1.807, 2.05) is 15.9 Å². The molecule has 1 aliphatic carbocycles. The van der Waals surface area contributed by atoms with Gasteiger partial charge in [-0.15, -0.1) is 10.2 Å². The van der Waals surface area contributed by atoms with Crippen molar-refractivity contribution in [2.45, 2.75) is 55.4 Å². The Morgan fingerprint density at radius 1 is 1.18 bits per heavy atom. The zero-order valence-electron chi connectivity index (χ0n) is 21.8. The van der Waals surface area contributed by atoms with Crippen LogP contribution >= 0.6 is 11.3 Å². The van der Waals surface area contributed by atoms with Crippen molar-refractivity contribution in [3.63, 3.8) is 0 Å². The molecular weight excluding hydrogens is 562 g/mol. The number of likely N-dealkylation sites (tertiary alicyclic amines) is 1. The summed E-state index contributed by atoms with van der Waals surface area (Å²) in [4.78, 5) is 16.9. The number of fused-ring (bicyclic) bond motifs is 1. The van der Waals surface area contributed by atoms with E-state index in [1.165, 1.54) is 6.07 Å². The average Bonchev–Trinajstić information content (AvgIpc) is 3.33. The molecule has 40 heavy (non-hydrogen) atoms. The van der Waals surface area contributed by atoms with Crippen LogP contribution < -0.4 is 9.62 Å². The lowest BCUT2D eigenvalue weighted by Gasteiger charge is -2.35. The summed E-state index contributed by atoms with van der Waals surface area (Å²) in [6.07, 6.45) is 1.38. The number of aryl methyl sites for hydroxylation is 1. The van der Waals surface area contributed by atoms with Gasteiger partial charge >= 0.3 is 0 Å². The van der Waals surface area contributed by atoms with Crippen LogP contribution in [0.1, 0.15) is 50.0 Å². The first-order valence-electron chi connectivity index (χ1n) is 13.2. The fraction of sp³-hybridized carbons (Fsp3) is 0.560. The number of nitrogens with zero attached hydrogens (tertiary/aromatic N) is 7. The highest BCUT2D eigenvalue weighted by molar-refractivity contribution is 7.89. The number of anilines is 1. The van der Waals surface area contributed by atoms with Crippen molar-refractivity contribution < 1.29 is 22.0 Å². The summed E-state index contributed by atoms with van der Waals surface area (Å²) in [5, 5.41) is 21.6. The maximum Gasteiger partial charge on any atom is 0.291 e. The van der Waals surface area contributed by atoms with Crippen molar-refractivity contribution in [2.75, 3.05) is 31.1 Å². The number of nitrogens with one attached hydrogen (secondary N) is 1. The standard InChI is InChI=1S/C25H28F2N8O3S2/c1-33-20-17(19(31-33)22-29-30-23(39-22)21(26)27)12-16(40(37,38)32-25(14-28)6-7-25)13-18(20)34-10-4-15(5-11-34)24(36)35-8-2-3-9-35/h12-13,15,21,32H,2-11H2,1H3. The fourth-order valence-corrected chi connectivity index (χ4v) is 7.70. The van der Waals surface area contributed by atoms with Gasteiger partial charge in [0, 0.05) is 44.5 Å². The molecule has 3 aliphatic rings. The lowest BCUT2D eigenvalue weighted by molar-refractivity contribution is -0.135. The minimum atomic E-state index is -4.10. The van der Waals surface area contributed by atoms with Crippen LogP contribution in [0.2, 0.25) is 0 Å². The van der Waals surface area contributed by atoms with E-state index >= 15 is 0 Å². The average molecular weight is 591 g/mol. The molecule has 4 heterocycles. The van der Waals surface area contributed by atoms with Crippen molar-refractivity contribution in [1.82, 2.24) is 29.6 Å². The van der Waals surface area contributed by atoms with Gasteiger partial charge in [0.15, 0.2) is 10.0 Å². The Balaban J connectivity index is 1.40. The molecule has 1 N–H and O–H groups in total. The smallest absolute Gasteiger partial charge is 0.291 e. The highest BCUT2D eigenvalue weighted by Crippen LogP contribution is 2.41. The number of aromatic nitrogens is 4. The van der Waals surface area contributed by atoms with Gasteiger partial charge in [0.2, 0.25) is 15.9 Å². The summed E-state index contributed by atoms with van der Waals surface area (Å²) < 4.78 is 57.6. The van der Waals surface area contributed by atoms with Crippen LogP contribution in [0.3, 0.4) is 0 Å². The summed E-state index contributed by atoms with van der Waals surface area (Å²) in [6.45, 7) is 2.67. The normalized spacial score (nSPS) is 19.5. The summed E-state index contributed by atoms with van der Waals surface area (Å²) in [5.74, 6) is 0.100. The Kier molecular flexibility index (Phi) is 6.75. The SMILES string of the molecule is Cn1nc(-c2nnc(C(F)F)s2)c2cc(S(=O)(=O)NC3(C#N)CC3)cc(N3CCC(C(=O)N4CCCC4)CC3)c21. The Bertz CT molecular complexity index is 1610. The van der Waals surface area contributed by atoms with Gasteiger partial charge in [0.05, 0.1) is 22.2 Å². The third-order valence-electron chi connectivity index (χ3n) is 7.93. The van der Waals surface area contributed by atoms with Gasteiger partial charge in [-0.3, -0.25) is 9.48 Å². The third kappa shape index (κ3) is 4.82. The second kappa shape index (κ2) is 10.0. The Labute approximate surface area is 233 Å². The Hall–Kier alpha value is -3.22. The number of carbonyl (C=O) groups excluding carboxylic acids is 1.